The summed E-state index contributed by atoms with van der Waals surface area (Å²) < 4.78 is 8.67. The number of hydrogen-bond donors (Lipinski definition) is 1. The highest BCUT2D eigenvalue weighted by atomic mass is 16.7. The molecule has 0 bridgehead atoms. The second kappa shape index (κ2) is 2.38. The Morgan fingerprint density at radius 3 is 3.00 bits per heavy atom. The van der Waals surface area contributed by atoms with Crippen LogP contribution in [0.15, 0.2) is 10.6 Å². The molecule has 1 rings (SSSR count). The lowest BCUT2D eigenvalue weighted by Gasteiger charge is -1.87. The maximum absolute atomic E-state index is 9.87. The van der Waals surface area contributed by atoms with Crippen LogP contribution in [0.4, 0.5) is 4.79 Å². The third-order valence-corrected chi connectivity index (χ3v) is 0.798. The fourth-order valence-electron chi connectivity index (χ4n) is 0.481. The van der Waals surface area contributed by atoms with E-state index >= 15 is 0 Å². The molecule has 1 heterocycles. The van der Waals surface area contributed by atoms with E-state index in [0.717, 1.165) is 0 Å². The van der Waals surface area contributed by atoms with Crippen molar-refractivity contribution in [2.45, 2.75) is 6.92 Å². The monoisotopic (exact) mass is 143 g/mol. The van der Waals surface area contributed by atoms with Crippen molar-refractivity contribution in [1.82, 2.24) is 5.16 Å². The van der Waals surface area contributed by atoms with Gasteiger partial charge in [0.15, 0.2) is 0 Å². The third kappa shape index (κ3) is 1.48. The Kier molecular flexibility index (Phi) is 1.57. The summed E-state index contributed by atoms with van der Waals surface area (Å²) in [7, 11) is 0. The zero-order chi connectivity index (χ0) is 7.56. The molecule has 0 spiro atoms. The van der Waals surface area contributed by atoms with E-state index < -0.39 is 6.16 Å². The fourth-order valence-corrected chi connectivity index (χ4v) is 0.481. The summed E-state index contributed by atoms with van der Waals surface area (Å²) in [5.74, 6) is 0.473. The van der Waals surface area contributed by atoms with Crippen LogP contribution in [0, 0.1) is 6.92 Å². The quantitative estimate of drug-likeness (QED) is 0.594. The predicted molar refractivity (Wildman–Crippen MR) is 29.9 cm³/mol. The minimum atomic E-state index is -1.40. The first-order chi connectivity index (χ1) is 4.68. The Morgan fingerprint density at radius 1 is 1.90 bits per heavy atom. The molecule has 0 aliphatic carbocycles. The molecule has 54 valence electrons. The summed E-state index contributed by atoms with van der Waals surface area (Å²) in [6.07, 6.45) is -1.40. The van der Waals surface area contributed by atoms with Crippen molar-refractivity contribution in [3.63, 3.8) is 0 Å². The molecule has 1 aromatic rings. The molecule has 1 aromatic heterocycles. The number of nitrogens with zero attached hydrogens (tertiary/aromatic N) is 1. The smallest absolute Gasteiger partial charge is 0.449 e. The Labute approximate surface area is 56.2 Å². The maximum Gasteiger partial charge on any atom is 0.512 e. The molecule has 0 amide bonds. The zero-order valence-electron chi connectivity index (χ0n) is 5.20. The molecule has 0 saturated carbocycles. The van der Waals surface area contributed by atoms with Gasteiger partial charge in [0.25, 0.3) is 5.88 Å². The van der Waals surface area contributed by atoms with E-state index in [2.05, 4.69) is 14.4 Å². The van der Waals surface area contributed by atoms with E-state index in [-0.39, 0.29) is 5.88 Å². The summed E-state index contributed by atoms with van der Waals surface area (Å²) in [5.41, 5.74) is 0. The highest BCUT2D eigenvalue weighted by Gasteiger charge is 2.04. The van der Waals surface area contributed by atoms with Crippen LogP contribution in [0.1, 0.15) is 5.76 Å². The molecule has 5 heteroatoms. The van der Waals surface area contributed by atoms with Gasteiger partial charge in [-0.2, -0.15) is 0 Å². The lowest BCUT2D eigenvalue weighted by molar-refractivity contribution is 0.140. The summed E-state index contributed by atoms with van der Waals surface area (Å²) in [6.45, 7) is 1.64. The summed E-state index contributed by atoms with van der Waals surface area (Å²) in [5, 5.41) is 11.4. The lowest BCUT2D eigenvalue weighted by atomic mass is 10.5. The average molecular weight is 143 g/mol. The van der Waals surface area contributed by atoms with Crippen LogP contribution >= 0.6 is 0 Å². The van der Waals surface area contributed by atoms with Crippen LogP contribution in [0.3, 0.4) is 0 Å². The Morgan fingerprint density at radius 2 is 2.60 bits per heavy atom. The normalized spacial score (nSPS) is 9.30. The van der Waals surface area contributed by atoms with Gasteiger partial charge >= 0.3 is 6.16 Å². The molecule has 0 unspecified atom stereocenters. The van der Waals surface area contributed by atoms with Crippen molar-refractivity contribution in [1.29, 1.82) is 0 Å². The van der Waals surface area contributed by atoms with Gasteiger partial charge in [0.2, 0.25) is 0 Å². The second-order valence-electron chi connectivity index (χ2n) is 1.64. The van der Waals surface area contributed by atoms with Gasteiger partial charge in [-0.05, 0) is 12.1 Å². The van der Waals surface area contributed by atoms with Crippen LogP contribution < -0.4 is 4.74 Å². The molecular formula is C5H5NO4. The molecule has 10 heavy (non-hydrogen) atoms. The zero-order valence-corrected chi connectivity index (χ0v) is 5.20. The van der Waals surface area contributed by atoms with E-state index in [4.69, 9.17) is 5.11 Å². The second-order valence-corrected chi connectivity index (χ2v) is 1.64. The largest absolute Gasteiger partial charge is 0.512 e. The van der Waals surface area contributed by atoms with E-state index in [1.807, 2.05) is 0 Å². The number of hydrogen-bond acceptors (Lipinski definition) is 4. The van der Waals surface area contributed by atoms with Crippen molar-refractivity contribution in [3.05, 3.63) is 11.8 Å². The number of aromatic nitrogens is 1. The van der Waals surface area contributed by atoms with Gasteiger partial charge in [-0.25, -0.2) is 4.79 Å². The number of aryl methyl sites for hydroxylation is 1. The molecule has 0 aliphatic rings. The van der Waals surface area contributed by atoms with Gasteiger partial charge in [-0.3, -0.25) is 0 Å². The number of rotatable bonds is 1. The molecule has 0 atom stereocenters. The number of carboxylic acid groups (broad SMARTS) is 1. The SMILES string of the molecule is Cc1cc(OC(=O)O)no1. The van der Waals surface area contributed by atoms with Crippen LogP contribution in [0.25, 0.3) is 0 Å². The predicted octanol–water partition coefficient (Wildman–Crippen LogP) is 1.04. The van der Waals surface area contributed by atoms with Crippen molar-refractivity contribution >= 4 is 6.16 Å². The van der Waals surface area contributed by atoms with Crippen molar-refractivity contribution in [3.8, 4) is 5.88 Å². The molecular weight excluding hydrogens is 138 g/mol. The topological polar surface area (TPSA) is 72.6 Å². The summed E-state index contributed by atoms with van der Waals surface area (Å²) >= 11 is 0. The van der Waals surface area contributed by atoms with Crippen LogP contribution in [0.5, 0.6) is 5.88 Å². The Balaban J connectivity index is 2.67. The van der Waals surface area contributed by atoms with E-state index in [0.29, 0.717) is 5.76 Å². The van der Waals surface area contributed by atoms with Crippen molar-refractivity contribution in [2.75, 3.05) is 0 Å². The van der Waals surface area contributed by atoms with E-state index in [9.17, 15) is 4.79 Å². The van der Waals surface area contributed by atoms with Gasteiger partial charge < -0.3 is 14.4 Å². The van der Waals surface area contributed by atoms with Crippen LogP contribution in [-0.2, 0) is 0 Å². The first kappa shape index (κ1) is 6.60. The minimum Gasteiger partial charge on any atom is -0.449 e. The third-order valence-electron chi connectivity index (χ3n) is 0.798. The van der Waals surface area contributed by atoms with E-state index in [1.165, 1.54) is 6.07 Å². The molecule has 0 fully saturated rings. The van der Waals surface area contributed by atoms with Crippen molar-refractivity contribution < 1.29 is 19.2 Å². The maximum atomic E-state index is 9.87. The first-order valence-corrected chi connectivity index (χ1v) is 2.52. The fraction of sp³-hybridized carbons (Fsp3) is 0.200. The van der Waals surface area contributed by atoms with Gasteiger partial charge in [-0.15, -0.1) is 0 Å². The molecule has 0 aliphatic heterocycles. The summed E-state index contributed by atoms with van der Waals surface area (Å²) in [6, 6.07) is 1.38. The Hall–Kier alpha value is -1.52. The lowest BCUT2D eigenvalue weighted by Crippen LogP contribution is -2.02. The van der Waals surface area contributed by atoms with Gasteiger partial charge in [-0.1, -0.05) is 0 Å². The summed E-state index contributed by atoms with van der Waals surface area (Å²) in [4.78, 5) is 9.87. The van der Waals surface area contributed by atoms with E-state index in [1.54, 1.807) is 6.92 Å². The highest BCUT2D eigenvalue weighted by molar-refractivity contribution is 5.60. The number of carbonyl (C=O) groups is 1. The van der Waals surface area contributed by atoms with Crippen LogP contribution in [-0.4, -0.2) is 16.4 Å². The molecule has 0 saturated heterocycles. The van der Waals surface area contributed by atoms with Gasteiger partial charge in [0, 0.05) is 6.07 Å². The Bertz CT molecular complexity index is 242. The minimum absolute atomic E-state index is 0.0370. The number of ether oxygens (including phenoxy) is 1. The molecule has 0 radical (unpaired) electrons. The first-order valence-electron chi connectivity index (χ1n) is 2.52. The molecule has 0 aromatic carbocycles. The van der Waals surface area contributed by atoms with Crippen molar-refractivity contribution in [2.24, 2.45) is 0 Å². The average Bonchev–Trinajstić information content (AvgIpc) is 2.13. The van der Waals surface area contributed by atoms with Crippen LogP contribution in [0.2, 0.25) is 0 Å². The standard InChI is InChI=1S/C5H5NO4/c1-3-2-4(6-10-3)9-5(7)8/h2H,1H3,(H,7,8). The highest BCUT2D eigenvalue weighted by Crippen LogP contribution is 2.09. The molecule has 5 nitrogen and oxygen atoms in total. The van der Waals surface area contributed by atoms with Gasteiger partial charge in [0.1, 0.15) is 5.76 Å². The molecule has 1 N–H and O–H groups in total. The van der Waals surface area contributed by atoms with Gasteiger partial charge in [0.05, 0.1) is 0 Å².